The molecule has 0 radical (unpaired) electrons. The van der Waals surface area contributed by atoms with E-state index >= 15 is 0 Å². The lowest BCUT2D eigenvalue weighted by molar-refractivity contribution is -0.126. The van der Waals surface area contributed by atoms with Gasteiger partial charge in [0.1, 0.15) is 5.78 Å². The van der Waals surface area contributed by atoms with Crippen LogP contribution >= 0.6 is 0 Å². The van der Waals surface area contributed by atoms with E-state index in [1.165, 1.54) is 0 Å². The number of ketones is 1. The van der Waals surface area contributed by atoms with E-state index in [2.05, 4.69) is 0 Å². The largest absolute Gasteiger partial charge is 0.395 e. The zero-order valence-electron chi connectivity index (χ0n) is 8.90. The third-order valence-electron chi connectivity index (χ3n) is 2.56. The molecule has 0 aromatic carbocycles. The fourth-order valence-electron chi connectivity index (χ4n) is 1.45. The monoisotopic (exact) mass is 201 g/mol. The molecule has 4 heteroatoms. The highest BCUT2D eigenvalue weighted by molar-refractivity contribution is 5.82. The normalized spacial score (nSPS) is 24.1. The lowest BCUT2D eigenvalue weighted by atomic mass is 10.1. The number of morpholine rings is 1. The Bertz CT molecular complexity index is 194. The van der Waals surface area contributed by atoms with Gasteiger partial charge in [-0.2, -0.15) is 0 Å². The Hall–Kier alpha value is -0.450. The quantitative estimate of drug-likeness (QED) is 0.690. The van der Waals surface area contributed by atoms with Crippen LogP contribution < -0.4 is 0 Å². The van der Waals surface area contributed by atoms with Gasteiger partial charge in [-0.15, -0.1) is 0 Å². The number of carbonyl (C=O) groups is 1. The molecule has 0 aromatic heterocycles. The maximum Gasteiger partial charge on any atom is 0.149 e. The van der Waals surface area contributed by atoms with E-state index in [9.17, 15) is 4.79 Å². The van der Waals surface area contributed by atoms with Gasteiger partial charge < -0.3 is 9.84 Å². The van der Waals surface area contributed by atoms with Gasteiger partial charge in [-0.1, -0.05) is 13.8 Å². The van der Waals surface area contributed by atoms with Gasteiger partial charge in [0.05, 0.1) is 32.4 Å². The van der Waals surface area contributed by atoms with Crippen molar-refractivity contribution >= 4 is 5.78 Å². The molecule has 1 atom stereocenters. The molecule has 0 aromatic rings. The average Bonchev–Trinajstić information content (AvgIpc) is 2.18. The SMILES string of the molecule is CC(C)C(=O)CN1CCOCC1CO. The van der Waals surface area contributed by atoms with Crippen molar-refractivity contribution in [1.29, 1.82) is 0 Å². The van der Waals surface area contributed by atoms with Gasteiger partial charge in [0, 0.05) is 12.5 Å². The smallest absolute Gasteiger partial charge is 0.149 e. The first-order chi connectivity index (χ1) is 6.65. The first-order valence-electron chi connectivity index (χ1n) is 5.10. The van der Waals surface area contributed by atoms with Crippen LogP contribution in [0.15, 0.2) is 0 Å². The van der Waals surface area contributed by atoms with Crippen LogP contribution in [0, 0.1) is 5.92 Å². The molecule has 0 aliphatic carbocycles. The maximum atomic E-state index is 11.5. The molecule has 0 amide bonds. The van der Waals surface area contributed by atoms with Gasteiger partial charge in [0.2, 0.25) is 0 Å². The molecular weight excluding hydrogens is 182 g/mol. The van der Waals surface area contributed by atoms with Crippen molar-refractivity contribution in [3.8, 4) is 0 Å². The van der Waals surface area contributed by atoms with Gasteiger partial charge in [-0.05, 0) is 0 Å². The molecule has 0 spiro atoms. The molecule has 1 heterocycles. The minimum atomic E-state index is -0.00792. The zero-order valence-corrected chi connectivity index (χ0v) is 8.90. The second-order valence-electron chi connectivity index (χ2n) is 4.00. The fraction of sp³-hybridized carbons (Fsp3) is 0.900. The van der Waals surface area contributed by atoms with Crippen molar-refractivity contribution in [3.63, 3.8) is 0 Å². The first-order valence-corrected chi connectivity index (χ1v) is 5.10. The number of aliphatic hydroxyl groups is 1. The molecule has 0 saturated carbocycles. The Morgan fingerprint density at radius 2 is 2.36 bits per heavy atom. The summed E-state index contributed by atoms with van der Waals surface area (Å²) in [5, 5.41) is 9.08. The molecule has 14 heavy (non-hydrogen) atoms. The van der Waals surface area contributed by atoms with Gasteiger partial charge in [-0.3, -0.25) is 9.69 Å². The Kier molecular flexibility index (Phi) is 4.51. The van der Waals surface area contributed by atoms with E-state index in [-0.39, 0.29) is 24.3 Å². The molecule has 4 nitrogen and oxygen atoms in total. The van der Waals surface area contributed by atoms with Crippen LogP contribution in [-0.4, -0.2) is 54.7 Å². The molecule has 1 N–H and O–H groups in total. The summed E-state index contributed by atoms with van der Waals surface area (Å²) in [6.07, 6.45) is 0. The summed E-state index contributed by atoms with van der Waals surface area (Å²) in [5.41, 5.74) is 0. The van der Waals surface area contributed by atoms with Crippen LogP contribution in [0.4, 0.5) is 0 Å². The van der Waals surface area contributed by atoms with E-state index in [1.807, 2.05) is 18.7 Å². The highest BCUT2D eigenvalue weighted by atomic mass is 16.5. The minimum absolute atomic E-state index is 0.00792. The van der Waals surface area contributed by atoms with E-state index in [4.69, 9.17) is 9.84 Å². The number of nitrogens with zero attached hydrogens (tertiary/aromatic N) is 1. The Labute approximate surface area is 84.8 Å². The topological polar surface area (TPSA) is 49.8 Å². The van der Waals surface area contributed by atoms with Crippen LogP contribution in [0.1, 0.15) is 13.8 Å². The molecule has 0 bridgehead atoms. The predicted molar refractivity (Wildman–Crippen MR) is 53.1 cm³/mol. The number of hydrogen-bond donors (Lipinski definition) is 1. The van der Waals surface area contributed by atoms with Gasteiger partial charge in [0.25, 0.3) is 0 Å². The molecule has 1 aliphatic rings. The summed E-state index contributed by atoms with van der Waals surface area (Å²) in [6, 6.07) is -0.00792. The van der Waals surface area contributed by atoms with Crippen molar-refractivity contribution in [2.24, 2.45) is 5.92 Å². The van der Waals surface area contributed by atoms with E-state index in [0.29, 0.717) is 19.8 Å². The number of aliphatic hydroxyl groups excluding tert-OH is 1. The van der Waals surface area contributed by atoms with Crippen LogP contribution in [0.3, 0.4) is 0 Å². The summed E-state index contributed by atoms with van der Waals surface area (Å²) < 4.78 is 5.23. The second kappa shape index (κ2) is 5.44. The number of carbonyl (C=O) groups excluding carboxylic acids is 1. The molecule has 1 fully saturated rings. The van der Waals surface area contributed by atoms with E-state index in [0.717, 1.165) is 6.54 Å². The number of ether oxygens (including phenoxy) is 1. The first kappa shape index (κ1) is 11.6. The van der Waals surface area contributed by atoms with Crippen molar-refractivity contribution < 1.29 is 14.6 Å². The summed E-state index contributed by atoms with van der Waals surface area (Å²) >= 11 is 0. The maximum absolute atomic E-state index is 11.5. The molecule has 82 valence electrons. The van der Waals surface area contributed by atoms with Crippen molar-refractivity contribution in [3.05, 3.63) is 0 Å². The standard InChI is InChI=1S/C10H19NO3/c1-8(2)10(13)5-11-3-4-14-7-9(11)6-12/h8-9,12H,3-7H2,1-2H3. The number of hydrogen-bond acceptors (Lipinski definition) is 4. The lowest BCUT2D eigenvalue weighted by Crippen LogP contribution is -2.49. The second-order valence-corrected chi connectivity index (χ2v) is 4.00. The van der Waals surface area contributed by atoms with Crippen LogP contribution in [0.5, 0.6) is 0 Å². The van der Waals surface area contributed by atoms with Crippen LogP contribution in [0.25, 0.3) is 0 Å². The average molecular weight is 201 g/mol. The Morgan fingerprint density at radius 3 is 2.93 bits per heavy atom. The number of rotatable bonds is 4. The van der Waals surface area contributed by atoms with Crippen LogP contribution in [0.2, 0.25) is 0 Å². The third kappa shape index (κ3) is 3.04. The van der Waals surface area contributed by atoms with Gasteiger partial charge >= 0.3 is 0 Å². The zero-order chi connectivity index (χ0) is 10.6. The highest BCUT2D eigenvalue weighted by Gasteiger charge is 2.24. The van der Waals surface area contributed by atoms with Gasteiger partial charge in [-0.25, -0.2) is 0 Å². The Balaban J connectivity index is 2.44. The third-order valence-corrected chi connectivity index (χ3v) is 2.56. The Morgan fingerprint density at radius 1 is 1.64 bits per heavy atom. The summed E-state index contributed by atoms with van der Waals surface area (Å²) in [7, 11) is 0. The summed E-state index contributed by atoms with van der Waals surface area (Å²) in [5.74, 6) is 0.294. The van der Waals surface area contributed by atoms with Crippen molar-refractivity contribution in [1.82, 2.24) is 4.90 Å². The molecule has 1 rings (SSSR count). The summed E-state index contributed by atoms with van der Waals surface area (Å²) in [4.78, 5) is 13.5. The van der Waals surface area contributed by atoms with Crippen molar-refractivity contribution in [2.75, 3.05) is 32.9 Å². The lowest BCUT2D eigenvalue weighted by Gasteiger charge is -2.34. The number of Topliss-reactive ketones (excluding diaryl/α,β-unsaturated/α-hetero) is 1. The van der Waals surface area contributed by atoms with Crippen molar-refractivity contribution in [2.45, 2.75) is 19.9 Å². The fourth-order valence-corrected chi connectivity index (χ4v) is 1.45. The van der Waals surface area contributed by atoms with E-state index < -0.39 is 0 Å². The van der Waals surface area contributed by atoms with Crippen LogP contribution in [-0.2, 0) is 9.53 Å². The molecule has 1 aliphatic heterocycles. The minimum Gasteiger partial charge on any atom is -0.395 e. The summed E-state index contributed by atoms with van der Waals surface area (Å²) in [6.45, 7) is 6.22. The molecular formula is C10H19NO3. The highest BCUT2D eigenvalue weighted by Crippen LogP contribution is 2.07. The molecule has 1 unspecified atom stereocenters. The van der Waals surface area contributed by atoms with Gasteiger partial charge in [0.15, 0.2) is 0 Å². The molecule has 1 saturated heterocycles. The predicted octanol–water partition coefficient (Wildman–Crippen LogP) is -0.0954. The van der Waals surface area contributed by atoms with E-state index in [1.54, 1.807) is 0 Å².